The van der Waals surface area contributed by atoms with E-state index in [1.807, 2.05) is 13.0 Å². The largest absolute Gasteiger partial charge is 0.289 e. The van der Waals surface area contributed by atoms with Crippen LogP contribution in [0.2, 0.25) is 0 Å². The molecular formula is C17H18O2. The van der Waals surface area contributed by atoms with Crippen LogP contribution in [-0.4, -0.2) is 11.6 Å². The van der Waals surface area contributed by atoms with Crippen LogP contribution in [0, 0.1) is 0 Å². The molecule has 1 aromatic carbocycles. The van der Waals surface area contributed by atoms with Gasteiger partial charge >= 0.3 is 0 Å². The summed E-state index contributed by atoms with van der Waals surface area (Å²) in [5.41, 5.74) is 3.53. The molecule has 98 valence electrons. The summed E-state index contributed by atoms with van der Waals surface area (Å²) >= 11 is 0. The number of rotatable bonds is 3. The van der Waals surface area contributed by atoms with E-state index in [2.05, 4.69) is 6.92 Å². The fraction of sp³-hybridized carbons (Fsp3) is 0.294. The first-order valence-corrected chi connectivity index (χ1v) is 6.60. The van der Waals surface area contributed by atoms with E-state index in [0.29, 0.717) is 28.7 Å². The quantitative estimate of drug-likeness (QED) is 0.760. The Bertz CT molecular complexity index is 603. The van der Waals surface area contributed by atoms with Crippen molar-refractivity contribution in [3.63, 3.8) is 0 Å². The summed E-state index contributed by atoms with van der Waals surface area (Å²) in [4.78, 5) is 24.7. The zero-order valence-electron chi connectivity index (χ0n) is 11.6. The van der Waals surface area contributed by atoms with Gasteiger partial charge in [0.05, 0.1) is 0 Å². The molecule has 0 fully saturated rings. The van der Waals surface area contributed by atoms with Crippen LogP contribution in [-0.2, 0) is 0 Å². The van der Waals surface area contributed by atoms with Gasteiger partial charge in [0, 0.05) is 22.3 Å². The predicted octanol–water partition coefficient (Wildman–Crippen LogP) is 4.13. The monoisotopic (exact) mass is 254 g/mol. The summed E-state index contributed by atoms with van der Waals surface area (Å²) in [7, 11) is 0. The Morgan fingerprint density at radius 3 is 2.26 bits per heavy atom. The number of benzene rings is 1. The molecule has 19 heavy (non-hydrogen) atoms. The molecule has 2 rings (SSSR count). The molecule has 0 unspecified atom stereocenters. The molecule has 0 bridgehead atoms. The number of hydrogen-bond donors (Lipinski definition) is 0. The fourth-order valence-electron chi connectivity index (χ4n) is 2.22. The van der Waals surface area contributed by atoms with E-state index >= 15 is 0 Å². The molecule has 0 amide bonds. The SMILES string of the molecule is CC/C(C)=C/CC1=C(C)C(=O)c2ccccc2C1=O. The van der Waals surface area contributed by atoms with E-state index in [4.69, 9.17) is 0 Å². The van der Waals surface area contributed by atoms with Crippen LogP contribution in [0.15, 0.2) is 47.1 Å². The zero-order chi connectivity index (χ0) is 14.0. The average molecular weight is 254 g/mol. The van der Waals surface area contributed by atoms with E-state index in [1.54, 1.807) is 31.2 Å². The molecule has 1 aliphatic rings. The molecule has 0 N–H and O–H groups in total. The van der Waals surface area contributed by atoms with Gasteiger partial charge in [-0.15, -0.1) is 0 Å². The van der Waals surface area contributed by atoms with Gasteiger partial charge in [0.25, 0.3) is 0 Å². The first-order chi connectivity index (χ1) is 9.06. The Balaban J connectivity index is 2.43. The molecule has 0 aliphatic heterocycles. The van der Waals surface area contributed by atoms with Gasteiger partial charge in [-0.1, -0.05) is 42.8 Å². The highest BCUT2D eigenvalue weighted by atomic mass is 16.1. The second-order valence-corrected chi connectivity index (χ2v) is 4.92. The summed E-state index contributed by atoms with van der Waals surface area (Å²) in [6.45, 7) is 5.87. The van der Waals surface area contributed by atoms with Crippen LogP contribution < -0.4 is 0 Å². The number of allylic oxidation sites excluding steroid dienone is 4. The Kier molecular flexibility index (Phi) is 3.79. The number of fused-ring (bicyclic) bond motifs is 1. The van der Waals surface area contributed by atoms with E-state index in [0.717, 1.165) is 6.42 Å². The highest BCUT2D eigenvalue weighted by molar-refractivity contribution is 6.26. The molecule has 0 spiro atoms. The summed E-state index contributed by atoms with van der Waals surface area (Å²) in [6.07, 6.45) is 3.55. The van der Waals surface area contributed by atoms with Crippen molar-refractivity contribution in [3.8, 4) is 0 Å². The minimum absolute atomic E-state index is 0.00662. The van der Waals surface area contributed by atoms with Crippen molar-refractivity contribution in [1.82, 2.24) is 0 Å². The molecule has 0 saturated carbocycles. The van der Waals surface area contributed by atoms with Crippen molar-refractivity contribution in [3.05, 3.63) is 58.2 Å². The molecule has 0 radical (unpaired) electrons. The van der Waals surface area contributed by atoms with Gasteiger partial charge in [0.2, 0.25) is 0 Å². The van der Waals surface area contributed by atoms with Crippen molar-refractivity contribution in [2.24, 2.45) is 0 Å². The minimum atomic E-state index is -0.0206. The highest BCUT2D eigenvalue weighted by Gasteiger charge is 2.28. The van der Waals surface area contributed by atoms with Gasteiger partial charge in [-0.3, -0.25) is 9.59 Å². The molecule has 2 heteroatoms. The number of Topliss-reactive ketones (excluding diaryl/α,β-unsaturated/α-hetero) is 2. The first-order valence-electron chi connectivity index (χ1n) is 6.60. The van der Waals surface area contributed by atoms with Gasteiger partial charge < -0.3 is 0 Å². The molecule has 1 aliphatic carbocycles. The maximum Gasteiger partial charge on any atom is 0.190 e. The van der Waals surface area contributed by atoms with Crippen LogP contribution in [0.3, 0.4) is 0 Å². The first kappa shape index (κ1) is 13.5. The molecule has 0 atom stereocenters. The molecule has 0 heterocycles. The standard InChI is InChI=1S/C17H18O2/c1-4-11(2)9-10-13-12(3)16(18)14-7-5-6-8-15(14)17(13)19/h5-9H,4,10H2,1-3H3/b11-9+. The lowest BCUT2D eigenvalue weighted by atomic mass is 9.83. The molecule has 0 saturated heterocycles. The van der Waals surface area contributed by atoms with Crippen LogP contribution in [0.4, 0.5) is 0 Å². The van der Waals surface area contributed by atoms with Crippen molar-refractivity contribution in [2.75, 3.05) is 0 Å². The third-order valence-electron chi connectivity index (χ3n) is 3.70. The average Bonchev–Trinajstić information content (AvgIpc) is 2.44. The van der Waals surface area contributed by atoms with Crippen molar-refractivity contribution < 1.29 is 9.59 Å². The molecule has 0 aromatic heterocycles. The second kappa shape index (κ2) is 5.35. The lowest BCUT2D eigenvalue weighted by Crippen LogP contribution is -2.20. The van der Waals surface area contributed by atoms with Gasteiger partial charge in [0.1, 0.15) is 0 Å². The van der Waals surface area contributed by atoms with E-state index < -0.39 is 0 Å². The topological polar surface area (TPSA) is 34.1 Å². The van der Waals surface area contributed by atoms with Gasteiger partial charge in [-0.05, 0) is 26.7 Å². The van der Waals surface area contributed by atoms with Crippen LogP contribution in [0.5, 0.6) is 0 Å². The molecular weight excluding hydrogens is 236 g/mol. The zero-order valence-corrected chi connectivity index (χ0v) is 11.6. The van der Waals surface area contributed by atoms with Crippen molar-refractivity contribution in [1.29, 1.82) is 0 Å². The second-order valence-electron chi connectivity index (χ2n) is 4.92. The smallest absolute Gasteiger partial charge is 0.190 e. The number of carbonyl (C=O) groups is 2. The van der Waals surface area contributed by atoms with E-state index in [1.165, 1.54) is 5.57 Å². The number of carbonyl (C=O) groups excluding carboxylic acids is 2. The number of ketones is 2. The minimum Gasteiger partial charge on any atom is -0.289 e. The Morgan fingerprint density at radius 2 is 1.68 bits per heavy atom. The highest BCUT2D eigenvalue weighted by Crippen LogP contribution is 2.28. The van der Waals surface area contributed by atoms with E-state index in [-0.39, 0.29) is 11.6 Å². The molecule has 1 aromatic rings. The van der Waals surface area contributed by atoms with Gasteiger partial charge in [-0.25, -0.2) is 0 Å². The summed E-state index contributed by atoms with van der Waals surface area (Å²) < 4.78 is 0. The van der Waals surface area contributed by atoms with Gasteiger partial charge in [0.15, 0.2) is 11.6 Å². The third-order valence-corrected chi connectivity index (χ3v) is 3.70. The lowest BCUT2D eigenvalue weighted by Gasteiger charge is -2.18. The van der Waals surface area contributed by atoms with Gasteiger partial charge in [-0.2, -0.15) is 0 Å². The molecule has 2 nitrogen and oxygen atoms in total. The Labute approximate surface area is 113 Å². The summed E-state index contributed by atoms with van der Waals surface area (Å²) in [5, 5.41) is 0. The van der Waals surface area contributed by atoms with E-state index in [9.17, 15) is 9.59 Å². The Morgan fingerprint density at radius 1 is 1.11 bits per heavy atom. The summed E-state index contributed by atoms with van der Waals surface area (Å²) in [6, 6.07) is 7.06. The normalized spacial score (nSPS) is 15.8. The fourth-order valence-corrected chi connectivity index (χ4v) is 2.22. The lowest BCUT2D eigenvalue weighted by molar-refractivity contribution is 0.0973. The van der Waals surface area contributed by atoms with Crippen LogP contribution in [0.1, 0.15) is 54.3 Å². The predicted molar refractivity (Wildman–Crippen MR) is 76.5 cm³/mol. The van der Waals surface area contributed by atoms with Crippen molar-refractivity contribution >= 4 is 11.6 Å². The number of hydrogen-bond acceptors (Lipinski definition) is 2. The Hall–Kier alpha value is -1.96. The maximum atomic E-state index is 12.4. The van der Waals surface area contributed by atoms with Crippen LogP contribution >= 0.6 is 0 Å². The van der Waals surface area contributed by atoms with Crippen molar-refractivity contribution in [2.45, 2.75) is 33.6 Å². The third kappa shape index (κ3) is 2.43. The summed E-state index contributed by atoms with van der Waals surface area (Å²) in [5.74, 6) is -0.0272. The maximum absolute atomic E-state index is 12.4. The van der Waals surface area contributed by atoms with Crippen LogP contribution in [0.25, 0.3) is 0 Å².